The van der Waals surface area contributed by atoms with Gasteiger partial charge in [-0.3, -0.25) is 0 Å². The van der Waals surface area contributed by atoms with E-state index in [4.69, 9.17) is 15.0 Å². The van der Waals surface area contributed by atoms with Crippen molar-refractivity contribution in [2.75, 3.05) is 88.3 Å². The lowest BCUT2D eigenvalue weighted by atomic mass is 10.1. The molecule has 3 fully saturated rings. The minimum atomic E-state index is 0.832. The van der Waals surface area contributed by atoms with Crippen LogP contribution in [-0.4, -0.2) is 117 Å². The van der Waals surface area contributed by atoms with Crippen LogP contribution in [0.5, 0.6) is 0 Å². The smallest absolute Gasteiger partial charge is 0.229 e. The van der Waals surface area contributed by atoms with Crippen LogP contribution in [0.15, 0.2) is 6.08 Å². The average molecular weight is 507 g/mol. The van der Waals surface area contributed by atoms with E-state index in [-0.39, 0.29) is 0 Å². The second-order valence-corrected chi connectivity index (χ2v) is 11.5. The Morgan fingerprint density at radius 1 is 0.676 bits per heavy atom. The number of piperazine rings is 3. The summed E-state index contributed by atoms with van der Waals surface area (Å²) in [5.41, 5.74) is 1.30. The Morgan fingerprint density at radius 3 is 1.73 bits per heavy atom. The zero-order valence-electron chi connectivity index (χ0n) is 22.9. The van der Waals surface area contributed by atoms with Crippen molar-refractivity contribution < 1.29 is 8.97 Å². The normalized spacial score (nSPS) is 23.1. The second-order valence-electron chi connectivity index (χ2n) is 11.5. The lowest BCUT2D eigenvalue weighted by Gasteiger charge is -2.54. The van der Waals surface area contributed by atoms with E-state index >= 15 is 0 Å². The second kappa shape index (κ2) is 9.87. The first-order valence-corrected chi connectivity index (χ1v) is 14.3. The van der Waals surface area contributed by atoms with Crippen molar-refractivity contribution in [2.24, 2.45) is 0 Å². The molecule has 3 aliphatic heterocycles. The fourth-order valence-corrected chi connectivity index (χ4v) is 6.59. The lowest BCUT2D eigenvalue weighted by Crippen LogP contribution is -2.73. The molecule has 4 aliphatic rings. The van der Waals surface area contributed by atoms with Crippen LogP contribution in [0.1, 0.15) is 49.5 Å². The van der Waals surface area contributed by atoms with Crippen molar-refractivity contribution >= 4 is 17.5 Å². The molecular weight excluding hydrogens is 464 g/mol. The molecule has 0 unspecified atom stereocenters. The first kappa shape index (κ1) is 24.6. The summed E-state index contributed by atoms with van der Waals surface area (Å²) < 4.78 is 2.52. The molecule has 0 saturated carbocycles. The summed E-state index contributed by atoms with van der Waals surface area (Å²) in [6.45, 7) is 20.2. The molecule has 3 saturated heterocycles. The molecule has 2 spiro atoms. The maximum atomic E-state index is 4.90. The summed E-state index contributed by atoms with van der Waals surface area (Å²) in [6, 6.07) is 0. The van der Waals surface area contributed by atoms with Crippen LogP contribution in [0.2, 0.25) is 0 Å². The standard InChI is InChI=1S/C27H42N10/c1-4-24-28-21(2)30-26(32-24)34-9-13-36(14-10-34)17-19-37(20-18-36)15-11-35(12-16-37)27-31-22(3)29-25(33-27)23-7-5-6-8-23/h7H,4-6,8-20H2,1-3H3/q+2. The molecule has 5 heterocycles. The number of rotatable bonds is 4. The number of nitrogens with zero attached hydrogens (tertiary/aromatic N) is 10. The summed E-state index contributed by atoms with van der Waals surface area (Å²) in [7, 11) is 0. The van der Waals surface area contributed by atoms with Gasteiger partial charge >= 0.3 is 0 Å². The molecule has 37 heavy (non-hydrogen) atoms. The van der Waals surface area contributed by atoms with E-state index in [0.29, 0.717) is 0 Å². The fourth-order valence-electron chi connectivity index (χ4n) is 6.59. The van der Waals surface area contributed by atoms with Crippen LogP contribution < -0.4 is 9.80 Å². The topological polar surface area (TPSA) is 83.8 Å². The number of hydrogen-bond donors (Lipinski definition) is 0. The van der Waals surface area contributed by atoms with E-state index in [2.05, 4.69) is 37.8 Å². The van der Waals surface area contributed by atoms with Gasteiger partial charge in [0.15, 0.2) is 5.82 Å². The lowest BCUT2D eigenvalue weighted by molar-refractivity contribution is -1.03. The van der Waals surface area contributed by atoms with Crippen LogP contribution in [0.25, 0.3) is 5.57 Å². The minimum Gasteiger partial charge on any atom is -0.329 e. The highest BCUT2D eigenvalue weighted by atomic mass is 15.5. The molecular formula is C27H42N10+2. The SMILES string of the molecule is CCc1nc(C)nc(N2CC[N+]3(CC2)CC[N+]2(CCN(c4nc(C)nc(C5=CCCC5)n4)CC2)CC3)n1. The van der Waals surface area contributed by atoms with Crippen molar-refractivity contribution in [3.8, 4) is 0 Å². The van der Waals surface area contributed by atoms with Gasteiger partial charge in [0, 0.05) is 6.42 Å². The predicted molar refractivity (Wildman–Crippen MR) is 144 cm³/mol. The van der Waals surface area contributed by atoms with Gasteiger partial charge < -0.3 is 18.8 Å². The van der Waals surface area contributed by atoms with Gasteiger partial charge in [-0.15, -0.1) is 0 Å². The summed E-state index contributed by atoms with van der Waals surface area (Å²) in [4.78, 5) is 32.9. The van der Waals surface area contributed by atoms with Crippen molar-refractivity contribution in [1.29, 1.82) is 0 Å². The average Bonchev–Trinajstić information content (AvgIpc) is 3.46. The third kappa shape index (κ3) is 5.05. The monoisotopic (exact) mass is 506 g/mol. The molecule has 0 radical (unpaired) electrons. The van der Waals surface area contributed by atoms with Crippen molar-refractivity contribution in [1.82, 2.24) is 29.9 Å². The van der Waals surface area contributed by atoms with E-state index in [9.17, 15) is 0 Å². The zero-order chi connectivity index (χ0) is 25.5. The quantitative estimate of drug-likeness (QED) is 0.581. The molecule has 10 heteroatoms. The molecule has 198 valence electrons. The van der Waals surface area contributed by atoms with Gasteiger partial charge in [-0.25, -0.2) is 9.97 Å². The third-order valence-corrected chi connectivity index (χ3v) is 9.20. The summed E-state index contributed by atoms with van der Waals surface area (Å²) in [5.74, 6) is 5.23. The number of allylic oxidation sites excluding steroid dienone is 2. The Hall–Kier alpha value is -2.72. The molecule has 2 aromatic rings. The maximum absolute atomic E-state index is 4.90. The number of anilines is 2. The molecule has 6 rings (SSSR count). The minimum absolute atomic E-state index is 0.832. The third-order valence-electron chi connectivity index (χ3n) is 9.20. The number of aryl methyl sites for hydroxylation is 3. The van der Waals surface area contributed by atoms with Gasteiger partial charge in [-0.1, -0.05) is 13.0 Å². The van der Waals surface area contributed by atoms with Gasteiger partial charge in [0.2, 0.25) is 11.9 Å². The van der Waals surface area contributed by atoms with E-state index in [0.717, 1.165) is 80.6 Å². The number of quaternary nitrogens is 2. The Kier molecular flexibility index (Phi) is 6.56. The van der Waals surface area contributed by atoms with E-state index < -0.39 is 0 Å². The molecule has 0 aromatic carbocycles. The Morgan fingerprint density at radius 2 is 1.22 bits per heavy atom. The van der Waals surface area contributed by atoms with Gasteiger partial charge in [0.25, 0.3) is 0 Å². The molecule has 0 bridgehead atoms. The molecule has 10 nitrogen and oxygen atoms in total. The zero-order valence-corrected chi connectivity index (χ0v) is 22.9. The summed E-state index contributed by atoms with van der Waals surface area (Å²) in [6.07, 6.45) is 6.61. The number of hydrogen-bond acceptors (Lipinski definition) is 8. The van der Waals surface area contributed by atoms with Crippen LogP contribution in [0.3, 0.4) is 0 Å². The highest BCUT2D eigenvalue weighted by Crippen LogP contribution is 2.28. The van der Waals surface area contributed by atoms with E-state index in [1.165, 1.54) is 73.3 Å². The van der Waals surface area contributed by atoms with Gasteiger partial charge in [0.05, 0.1) is 52.4 Å². The number of aromatic nitrogens is 6. The Balaban J connectivity index is 1.04. The Bertz CT molecular complexity index is 1150. The van der Waals surface area contributed by atoms with Crippen molar-refractivity contribution in [2.45, 2.75) is 46.5 Å². The van der Waals surface area contributed by atoms with Gasteiger partial charge in [0.1, 0.15) is 43.7 Å². The van der Waals surface area contributed by atoms with E-state index in [1.54, 1.807) is 0 Å². The molecule has 2 aromatic heterocycles. The molecule has 1 aliphatic carbocycles. The van der Waals surface area contributed by atoms with Crippen LogP contribution >= 0.6 is 0 Å². The highest BCUT2D eigenvalue weighted by Gasteiger charge is 2.45. The van der Waals surface area contributed by atoms with Crippen LogP contribution in [0.4, 0.5) is 11.9 Å². The molecule has 0 N–H and O–H groups in total. The largest absolute Gasteiger partial charge is 0.329 e. The van der Waals surface area contributed by atoms with Crippen molar-refractivity contribution in [3.63, 3.8) is 0 Å². The van der Waals surface area contributed by atoms with Crippen LogP contribution in [0, 0.1) is 13.8 Å². The summed E-state index contributed by atoms with van der Waals surface area (Å²) in [5, 5.41) is 0. The van der Waals surface area contributed by atoms with Crippen LogP contribution in [-0.2, 0) is 6.42 Å². The van der Waals surface area contributed by atoms with E-state index in [1.807, 2.05) is 13.8 Å². The first-order valence-electron chi connectivity index (χ1n) is 14.3. The van der Waals surface area contributed by atoms with Gasteiger partial charge in [-0.05, 0) is 38.7 Å². The Labute approximate surface area is 220 Å². The molecule has 0 amide bonds. The fraction of sp³-hybridized carbons (Fsp3) is 0.704. The maximum Gasteiger partial charge on any atom is 0.229 e. The molecule has 0 atom stereocenters. The van der Waals surface area contributed by atoms with Gasteiger partial charge in [-0.2, -0.15) is 19.9 Å². The summed E-state index contributed by atoms with van der Waals surface area (Å²) >= 11 is 0. The predicted octanol–water partition coefficient (Wildman–Crippen LogP) is 1.79. The first-order chi connectivity index (χ1) is 17.9. The van der Waals surface area contributed by atoms with Crippen molar-refractivity contribution in [3.05, 3.63) is 29.4 Å². The highest BCUT2D eigenvalue weighted by molar-refractivity contribution is 5.62.